The summed E-state index contributed by atoms with van der Waals surface area (Å²) in [6, 6.07) is 1.16. The molecule has 1 aromatic heterocycles. The Bertz CT molecular complexity index is 1190. The molecule has 0 aromatic carbocycles. The third-order valence-electron chi connectivity index (χ3n) is 6.20. The lowest BCUT2D eigenvalue weighted by molar-refractivity contribution is -0.456. The van der Waals surface area contributed by atoms with Gasteiger partial charge in [0.2, 0.25) is 10.0 Å². The van der Waals surface area contributed by atoms with Gasteiger partial charge in [-0.2, -0.15) is 9.37 Å². The Morgan fingerprint density at radius 3 is 2.69 bits per heavy atom. The molecule has 11 heteroatoms. The minimum atomic E-state index is -3.73. The van der Waals surface area contributed by atoms with E-state index in [1.807, 2.05) is 6.92 Å². The molecule has 170 valence electrons. The van der Waals surface area contributed by atoms with Crippen LogP contribution in [0.25, 0.3) is 0 Å². The highest BCUT2D eigenvalue weighted by molar-refractivity contribution is 7.90. The summed E-state index contributed by atoms with van der Waals surface area (Å²) in [6.45, 7) is 4.42. The SMILES string of the molecule is Cc1cc(CN2C(=O)C3=CC(S(=O)(=O)NC4(C)CC4)C=CC3=[N+](CC3CCO3)C2=O)on1. The van der Waals surface area contributed by atoms with E-state index in [1.165, 1.54) is 16.7 Å². The third-order valence-corrected chi connectivity index (χ3v) is 7.98. The standard InChI is InChI=1S/C21H25N4O6S/c1-13-9-15(31-22-13)12-25-19(26)17-10-16(32(28,29)23-21(2)6-7-21)3-4-18(17)24(20(25)27)11-14-5-8-30-14/h3-4,9-10,14,16,23H,5-8,11-12H2,1-2H3/q+1. The second-order valence-electron chi connectivity index (χ2n) is 9.00. The van der Waals surface area contributed by atoms with Crippen LogP contribution in [0.1, 0.15) is 37.6 Å². The molecule has 1 saturated heterocycles. The number of imide groups is 1. The number of ether oxygens (including phenoxy) is 1. The number of nitrogens with one attached hydrogen (secondary N) is 1. The average Bonchev–Trinajstić information content (AvgIpc) is 3.27. The number of allylic oxidation sites excluding steroid dienone is 1. The van der Waals surface area contributed by atoms with Gasteiger partial charge >= 0.3 is 11.9 Å². The van der Waals surface area contributed by atoms with Crippen molar-refractivity contribution in [3.8, 4) is 0 Å². The Morgan fingerprint density at radius 1 is 1.34 bits per heavy atom. The smallest absolute Gasteiger partial charge is 0.374 e. The summed E-state index contributed by atoms with van der Waals surface area (Å²) in [7, 11) is -3.73. The van der Waals surface area contributed by atoms with E-state index in [4.69, 9.17) is 9.26 Å². The Labute approximate surface area is 185 Å². The van der Waals surface area contributed by atoms with Gasteiger partial charge in [-0.05, 0) is 38.8 Å². The van der Waals surface area contributed by atoms with E-state index in [0.717, 1.165) is 24.2 Å². The molecule has 2 aliphatic heterocycles. The molecule has 10 nitrogen and oxygen atoms in total. The second kappa shape index (κ2) is 7.46. The van der Waals surface area contributed by atoms with Crippen molar-refractivity contribution in [1.29, 1.82) is 0 Å². The largest absolute Gasteiger partial charge is 0.501 e. The van der Waals surface area contributed by atoms with Crippen molar-refractivity contribution in [2.45, 2.75) is 56.5 Å². The van der Waals surface area contributed by atoms with Gasteiger partial charge in [0.25, 0.3) is 0 Å². The van der Waals surface area contributed by atoms with Crippen molar-refractivity contribution in [2.24, 2.45) is 0 Å². The predicted molar refractivity (Wildman–Crippen MR) is 112 cm³/mol. The van der Waals surface area contributed by atoms with Crippen LogP contribution >= 0.6 is 0 Å². The molecule has 2 fully saturated rings. The second-order valence-corrected chi connectivity index (χ2v) is 10.8. The number of fused-ring (bicyclic) bond motifs is 1. The van der Waals surface area contributed by atoms with Gasteiger partial charge in [0, 0.05) is 24.6 Å². The zero-order chi connectivity index (χ0) is 22.7. The number of rotatable bonds is 7. The quantitative estimate of drug-likeness (QED) is 0.602. The van der Waals surface area contributed by atoms with Crippen molar-refractivity contribution in [1.82, 2.24) is 14.8 Å². The van der Waals surface area contributed by atoms with Crippen LogP contribution in [0.4, 0.5) is 4.79 Å². The third kappa shape index (κ3) is 3.84. The highest BCUT2D eigenvalue weighted by Crippen LogP contribution is 2.36. The molecule has 1 saturated carbocycles. The van der Waals surface area contributed by atoms with Gasteiger partial charge in [-0.1, -0.05) is 11.2 Å². The van der Waals surface area contributed by atoms with Gasteiger partial charge in [-0.3, -0.25) is 0 Å². The van der Waals surface area contributed by atoms with Gasteiger partial charge in [-0.25, -0.2) is 17.9 Å². The number of amides is 3. The molecule has 5 rings (SSSR count). The van der Waals surface area contributed by atoms with Crippen LogP contribution in [-0.2, 0) is 26.1 Å². The molecule has 32 heavy (non-hydrogen) atoms. The normalized spacial score (nSPS) is 26.7. The zero-order valence-corrected chi connectivity index (χ0v) is 18.7. The van der Waals surface area contributed by atoms with Gasteiger partial charge in [0.1, 0.15) is 23.1 Å². The summed E-state index contributed by atoms with van der Waals surface area (Å²) < 4.78 is 40.7. The first-order valence-electron chi connectivity index (χ1n) is 10.6. The fourth-order valence-electron chi connectivity index (χ4n) is 3.97. The fraction of sp³-hybridized carbons (Fsp3) is 0.524. The van der Waals surface area contributed by atoms with Crippen LogP contribution in [0.3, 0.4) is 0 Å². The molecule has 3 heterocycles. The molecule has 2 unspecified atom stereocenters. The molecular weight excluding hydrogens is 436 g/mol. The maximum absolute atomic E-state index is 13.3. The van der Waals surface area contributed by atoms with Crippen molar-refractivity contribution in [3.63, 3.8) is 0 Å². The van der Waals surface area contributed by atoms with Crippen molar-refractivity contribution in [2.75, 3.05) is 13.2 Å². The molecule has 0 spiro atoms. The monoisotopic (exact) mass is 461 g/mol. The molecule has 3 amide bonds. The summed E-state index contributed by atoms with van der Waals surface area (Å²) in [6.07, 6.45) is 6.74. The lowest BCUT2D eigenvalue weighted by Gasteiger charge is -2.30. The molecule has 1 aromatic rings. The summed E-state index contributed by atoms with van der Waals surface area (Å²) in [5.41, 5.74) is 0.781. The summed E-state index contributed by atoms with van der Waals surface area (Å²) in [5.74, 6) is -0.195. The van der Waals surface area contributed by atoms with Crippen molar-refractivity contribution in [3.05, 3.63) is 41.3 Å². The van der Waals surface area contributed by atoms with Crippen LogP contribution in [0.2, 0.25) is 0 Å². The number of sulfonamides is 1. The Morgan fingerprint density at radius 2 is 2.09 bits per heavy atom. The predicted octanol–water partition coefficient (Wildman–Crippen LogP) is 1.02. The number of nitrogens with zero attached hydrogens (tertiary/aromatic N) is 3. The minimum Gasteiger partial charge on any atom is -0.374 e. The van der Waals surface area contributed by atoms with E-state index in [0.29, 0.717) is 23.8 Å². The Hall–Kier alpha value is -2.63. The highest BCUT2D eigenvalue weighted by Gasteiger charge is 2.48. The number of aromatic nitrogens is 1. The lowest BCUT2D eigenvalue weighted by Crippen LogP contribution is -2.54. The van der Waals surface area contributed by atoms with Crippen molar-refractivity contribution < 1.29 is 31.8 Å². The number of hydrogen-bond acceptors (Lipinski definition) is 7. The summed E-state index contributed by atoms with van der Waals surface area (Å²) in [5, 5.41) is 2.80. The first-order valence-corrected chi connectivity index (χ1v) is 12.2. The number of carbonyl (C=O) groups excluding carboxylic acids is 2. The van der Waals surface area contributed by atoms with Gasteiger partial charge in [0.05, 0.1) is 11.8 Å². The fourth-order valence-corrected chi connectivity index (χ4v) is 5.59. The highest BCUT2D eigenvalue weighted by atomic mass is 32.2. The Balaban J connectivity index is 1.51. The molecule has 2 aliphatic carbocycles. The van der Waals surface area contributed by atoms with Gasteiger partial charge in [0.15, 0.2) is 12.3 Å². The number of aryl methyl sites for hydroxylation is 1. The van der Waals surface area contributed by atoms with Crippen LogP contribution in [0.15, 0.2) is 34.4 Å². The minimum absolute atomic E-state index is 0.0946. The van der Waals surface area contributed by atoms with Crippen LogP contribution < -0.4 is 4.72 Å². The Kier molecular flexibility index (Phi) is 4.95. The lowest BCUT2D eigenvalue weighted by atomic mass is 9.99. The molecular formula is C21H25N4O6S+. The first-order chi connectivity index (χ1) is 15.2. The zero-order valence-electron chi connectivity index (χ0n) is 17.9. The maximum atomic E-state index is 13.3. The molecule has 0 radical (unpaired) electrons. The van der Waals surface area contributed by atoms with E-state index in [-0.39, 0.29) is 24.8 Å². The number of hydrogen-bond donors (Lipinski definition) is 1. The van der Waals surface area contributed by atoms with E-state index in [9.17, 15) is 18.0 Å². The number of urea groups is 1. The van der Waals surface area contributed by atoms with Crippen LogP contribution in [0.5, 0.6) is 0 Å². The molecule has 1 N–H and O–H groups in total. The first kappa shape index (κ1) is 21.2. The topological polar surface area (TPSA) is 122 Å². The van der Waals surface area contributed by atoms with Crippen LogP contribution in [0, 0.1) is 6.92 Å². The average molecular weight is 462 g/mol. The van der Waals surface area contributed by atoms with Crippen LogP contribution in [-0.4, -0.2) is 70.7 Å². The molecule has 0 bridgehead atoms. The van der Waals surface area contributed by atoms with Gasteiger partial charge in [-0.15, -0.1) is 4.90 Å². The van der Waals surface area contributed by atoms with E-state index >= 15 is 0 Å². The molecule has 4 aliphatic rings. The number of carbonyl (C=O) groups is 2. The summed E-state index contributed by atoms with van der Waals surface area (Å²) in [4.78, 5) is 27.6. The maximum Gasteiger partial charge on any atom is 0.501 e. The van der Waals surface area contributed by atoms with E-state index in [1.54, 1.807) is 19.1 Å². The van der Waals surface area contributed by atoms with Gasteiger partial charge < -0.3 is 9.26 Å². The molecule has 2 atom stereocenters. The summed E-state index contributed by atoms with van der Waals surface area (Å²) >= 11 is 0. The van der Waals surface area contributed by atoms with Crippen molar-refractivity contribution >= 4 is 27.7 Å². The van der Waals surface area contributed by atoms with E-state index < -0.39 is 32.8 Å². The van der Waals surface area contributed by atoms with E-state index in [2.05, 4.69) is 9.88 Å².